The van der Waals surface area contributed by atoms with Crippen LogP contribution in [0.15, 0.2) is 66.7 Å². The van der Waals surface area contributed by atoms with Crippen LogP contribution in [0, 0.1) is 0 Å². The Balaban J connectivity index is 1.63. The van der Waals surface area contributed by atoms with Crippen molar-refractivity contribution in [2.45, 2.75) is 0 Å². The Bertz CT molecular complexity index is 1060. The van der Waals surface area contributed by atoms with Gasteiger partial charge in [0.05, 0.1) is 18.4 Å². The number of nitrogens with one attached hydrogen (secondary N) is 1. The first-order valence-electron chi connectivity index (χ1n) is 8.71. The molecule has 1 N–H and O–H groups in total. The van der Waals surface area contributed by atoms with Crippen molar-refractivity contribution in [2.24, 2.45) is 0 Å². The summed E-state index contributed by atoms with van der Waals surface area (Å²) in [5, 5.41) is 2.84. The maximum atomic E-state index is 12.8. The number of methoxy groups -OCH3 is 1. The van der Waals surface area contributed by atoms with Crippen LogP contribution >= 0.6 is 0 Å². The molecular weight excluding hydrogens is 356 g/mol. The lowest BCUT2D eigenvalue weighted by Crippen LogP contribution is -2.25. The number of benzene rings is 3. The second-order valence-electron chi connectivity index (χ2n) is 6.33. The number of anilines is 2. The average molecular weight is 374 g/mol. The molecule has 0 radical (unpaired) electrons. The highest BCUT2D eigenvalue weighted by Crippen LogP contribution is 2.38. The first kappa shape index (κ1) is 17.6. The molecule has 1 aliphatic rings. The minimum Gasteiger partial charge on any atom is -0.497 e. The molecule has 0 aromatic heterocycles. The van der Waals surface area contributed by atoms with Crippen molar-refractivity contribution in [1.82, 2.24) is 0 Å². The molecule has 0 saturated heterocycles. The number of ether oxygens (including phenoxy) is 2. The summed E-state index contributed by atoms with van der Waals surface area (Å²) in [5.41, 5.74) is 2.08. The van der Waals surface area contributed by atoms with Gasteiger partial charge in [-0.2, -0.15) is 0 Å². The molecule has 2 amide bonds. The van der Waals surface area contributed by atoms with Gasteiger partial charge < -0.3 is 19.7 Å². The molecule has 0 saturated carbocycles. The van der Waals surface area contributed by atoms with E-state index in [1.54, 1.807) is 74.8 Å². The Morgan fingerprint density at radius 2 is 1.75 bits per heavy atom. The Morgan fingerprint density at radius 1 is 1.00 bits per heavy atom. The van der Waals surface area contributed by atoms with Crippen molar-refractivity contribution in [1.29, 1.82) is 0 Å². The van der Waals surface area contributed by atoms with E-state index in [2.05, 4.69) is 5.32 Å². The molecule has 6 heteroatoms. The topological polar surface area (TPSA) is 67.9 Å². The van der Waals surface area contributed by atoms with Crippen LogP contribution in [0.3, 0.4) is 0 Å². The smallest absolute Gasteiger partial charge is 0.261 e. The molecule has 3 aromatic rings. The minimum absolute atomic E-state index is 0.193. The van der Waals surface area contributed by atoms with Gasteiger partial charge in [-0.3, -0.25) is 9.59 Å². The molecule has 0 bridgehead atoms. The lowest BCUT2D eigenvalue weighted by Gasteiger charge is -2.17. The minimum atomic E-state index is -0.282. The summed E-state index contributed by atoms with van der Waals surface area (Å²) in [6, 6.07) is 19.1. The summed E-state index contributed by atoms with van der Waals surface area (Å²) in [5.74, 6) is 1.24. The van der Waals surface area contributed by atoms with E-state index in [0.29, 0.717) is 39.8 Å². The van der Waals surface area contributed by atoms with Gasteiger partial charge in [0.15, 0.2) is 5.75 Å². The Kier molecular flexibility index (Phi) is 4.45. The fourth-order valence-electron chi connectivity index (χ4n) is 3.03. The van der Waals surface area contributed by atoms with Gasteiger partial charge in [0.2, 0.25) is 0 Å². The molecule has 0 fully saturated rings. The predicted molar refractivity (Wildman–Crippen MR) is 107 cm³/mol. The van der Waals surface area contributed by atoms with Gasteiger partial charge in [0.25, 0.3) is 11.8 Å². The zero-order valence-corrected chi connectivity index (χ0v) is 15.4. The van der Waals surface area contributed by atoms with Crippen molar-refractivity contribution in [2.75, 3.05) is 24.4 Å². The number of amides is 2. The lowest BCUT2D eigenvalue weighted by atomic mass is 10.1. The van der Waals surface area contributed by atoms with Crippen molar-refractivity contribution in [3.05, 3.63) is 77.9 Å². The van der Waals surface area contributed by atoms with Crippen LogP contribution in [0.1, 0.15) is 20.7 Å². The first-order valence-corrected chi connectivity index (χ1v) is 8.71. The van der Waals surface area contributed by atoms with E-state index < -0.39 is 0 Å². The average Bonchev–Trinajstić information content (AvgIpc) is 2.83. The van der Waals surface area contributed by atoms with E-state index in [0.717, 1.165) is 0 Å². The molecule has 0 atom stereocenters. The monoisotopic (exact) mass is 374 g/mol. The molecule has 1 heterocycles. The van der Waals surface area contributed by atoms with Crippen molar-refractivity contribution in [3.63, 3.8) is 0 Å². The fraction of sp³-hybridized carbons (Fsp3) is 0.0909. The summed E-state index contributed by atoms with van der Waals surface area (Å²) < 4.78 is 11.0. The Morgan fingerprint density at radius 3 is 2.50 bits per heavy atom. The maximum absolute atomic E-state index is 12.8. The second-order valence-corrected chi connectivity index (χ2v) is 6.33. The molecular formula is C22H18N2O4. The third-order valence-electron chi connectivity index (χ3n) is 4.57. The van der Waals surface area contributed by atoms with Gasteiger partial charge in [0, 0.05) is 18.3 Å². The van der Waals surface area contributed by atoms with E-state index in [4.69, 9.17) is 9.47 Å². The van der Waals surface area contributed by atoms with Gasteiger partial charge in [-0.15, -0.1) is 0 Å². The van der Waals surface area contributed by atoms with E-state index in [9.17, 15) is 9.59 Å². The molecule has 3 aromatic carbocycles. The van der Waals surface area contributed by atoms with Gasteiger partial charge in [-0.05, 0) is 54.6 Å². The van der Waals surface area contributed by atoms with Crippen LogP contribution < -0.4 is 19.7 Å². The van der Waals surface area contributed by atoms with Gasteiger partial charge in [-0.25, -0.2) is 0 Å². The lowest BCUT2D eigenvalue weighted by molar-refractivity contribution is 0.0990. The van der Waals surface area contributed by atoms with Crippen LogP contribution in [0.4, 0.5) is 11.4 Å². The molecule has 4 rings (SSSR count). The van der Waals surface area contributed by atoms with Crippen molar-refractivity contribution >= 4 is 23.2 Å². The van der Waals surface area contributed by atoms with Crippen molar-refractivity contribution in [3.8, 4) is 17.2 Å². The predicted octanol–water partition coefficient (Wildman–Crippen LogP) is 4.33. The van der Waals surface area contributed by atoms with Gasteiger partial charge in [-0.1, -0.05) is 12.1 Å². The van der Waals surface area contributed by atoms with Crippen LogP contribution in [0.2, 0.25) is 0 Å². The number of carbonyl (C=O) groups excluding carboxylic acids is 2. The zero-order chi connectivity index (χ0) is 19.7. The largest absolute Gasteiger partial charge is 0.497 e. The maximum Gasteiger partial charge on any atom is 0.261 e. The standard InChI is InChI=1S/C22H18N2O4/c1-24-18-13-14(21(25)23-15-8-10-16(27-2)11-9-15)7-12-20(18)28-19-6-4-3-5-17(19)22(24)26/h3-13H,1-2H3,(H,23,25). The Labute approximate surface area is 162 Å². The van der Waals surface area contributed by atoms with E-state index in [1.807, 2.05) is 6.07 Å². The zero-order valence-electron chi connectivity index (χ0n) is 15.4. The number of hydrogen-bond acceptors (Lipinski definition) is 4. The van der Waals surface area contributed by atoms with Crippen LogP contribution in [0.5, 0.6) is 17.2 Å². The SMILES string of the molecule is COc1ccc(NC(=O)c2ccc3c(c2)N(C)C(=O)c2ccccc2O3)cc1. The molecule has 0 aliphatic carbocycles. The van der Waals surface area contributed by atoms with Crippen molar-refractivity contribution < 1.29 is 19.1 Å². The quantitative estimate of drug-likeness (QED) is 0.741. The Hall–Kier alpha value is -3.80. The number of para-hydroxylation sites is 1. The highest BCUT2D eigenvalue weighted by atomic mass is 16.5. The highest BCUT2D eigenvalue weighted by Gasteiger charge is 2.26. The molecule has 0 spiro atoms. The van der Waals surface area contributed by atoms with Crippen LogP contribution in [0.25, 0.3) is 0 Å². The van der Waals surface area contributed by atoms with E-state index in [1.165, 1.54) is 4.90 Å². The molecule has 28 heavy (non-hydrogen) atoms. The molecule has 140 valence electrons. The van der Waals surface area contributed by atoms with E-state index in [-0.39, 0.29) is 11.8 Å². The summed E-state index contributed by atoms with van der Waals surface area (Å²) >= 11 is 0. The third-order valence-corrected chi connectivity index (χ3v) is 4.57. The second kappa shape index (κ2) is 7.08. The normalized spacial score (nSPS) is 12.4. The highest BCUT2D eigenvalue weighted by molar-refractivity contribution is 6.11. The number of carbonyl (C=O) groups is 2. The van der Waals surface area contributed by atoms with Crippen LogP contribution in [-0.4, -0.2) is 26.0 Å². The third kappa shape index (κ3) is 3.16. The number of rotatable bonds is 3. The summed E-state index contributed by atoms with van der Waals surface area (Å²) in [4.78, 5) is 26.9. The van der Waals surface area contributed by atoms with Gasteiger partial charge >= 0.3 is 0 Å². The summed E-state index contributed by atoms with van der Waals surface area (Å²) in [7, 11) is 3.25. The molecule has 0 unspecified atom stereocenters. The summed E-state index contributed by atoms with van der Waals surface area (Å²) in [6.45, 7) is 0. The molecule has 1 aliphatic heterocycles. The summed E-state index contributed by atoms with van der Waals surface area (Å²) in [6.07, 6.45) is 0. The number of fused-ring (bicyclic) bond motifs is 2. The molecule has 6 nitrogen and oxygen atoms in total. The number of hydrogen-bond donors (Lipinski definition) is 1. The van der Waals surface area contributed by atoms with Gasteiger partial charge in [0.1, 0.15) is 11.5 Å². The fourth-order valence-corrected chi connectivity index (χ4v) is 3.03. The van der Waals surface area contributed by atoms with E-state index >= 15 is 0 Å². The first-order chi connectivity index (χ1) is 13.6. The number of nitrogens with zero attached hydrogens (tertiary/aromatic N) is 1. The van der Waals surface area contributed by atoms with Crippen LogP contribution in [-0.2, 0) is 0 Å².